The molecule has 2 heterocycles. The molecule has 0 amide bonds. The van der Waals surface area contributed by atoms with Crippen LogP contribution >= 0.6 is 15.9 Å². The van der Waals surface area contributed by atoms with Crippen LogP contribution in [-0.2, 0) is 0 Å². The first-order chi connectivity index (χ1) is 8.84. The number of nitrogens with zero attached hydrogens (tertiary/aromatic N) is 2. The second kappa shape index (κ2) is 5.68. The van der Waals surface area contributed by atoms with Gasteiger partial charge in [-0.2, -0.15) is 0 Å². The molecule has 1 aromatic heterocycles. The topological polar surface area (TPSA) is 28.2 Å². The molecule has 2 aliphatic rings. The fourth-order valence-electron chi connectivity index (χ4n) is 3.09. The van der Waals surface area contributed by atoms with Gasteiger partial charge in [-0.05, 0) is 46.3 Å². The van der Waals surface area contributed by atoms with Gasteiger partial charge in [0.05, 0.1) is 0 Å². The zero-order valence-corrected chi connectivity index (χ0v) is 12.2. The summed E-state index contributed by atoms with van der Waals surface area (Å²) in [7, 11) is 0. The Bertz CT molecular complexity index is 400. The molecule has 3 nitrogen and oxygen atoms in total. The number of aromatic nitrogens is 1. The molecule has 18 heavy (non-hydrogen) atoms. The van der Waals surface area contributed by atoms with Gasteiger partial charge in [0.25, 0.3) is 0 Å². The van der Waals surface area contributed by atoms with Gasteiger partial charge in [-0.25, -0.2) is 0 Å². The van der Waals surface area contributed by atoms with Crippen LogP contribution in [-0.4, -0.2) is 36.1 Å². The van der Waals surface area contributed by atoms with E-state index in [0.717, 1.165) is 36.6 Å². The van der Waals surface area contributed by atoms with Crippen LogP contribution < -0.4 is 5.32 Å². The highest BCUT2D eigenvalue weighted by molar-refractivity contribution is 9.10. The molecule has 1 N–H and O–H groups in total. The Morgan fingerprint density at radius 2 is 2.06 bits per heavy atom. The number of nitrogens with one attached hydrogen (secondary N) is 1. The Hall–Kier alpha value is -0.450. The van der Waals surface area contributed by atoms with E-state index >= 15 is 0 Å². The van der Waals surface area contributed by atoms with Crippen molar-refractivity contribution < 1.29 is 0 Å². The summed E-state index contributed by atoms with van der Waals surface area (Å²) in [6.07, 6.45) is 8.08. The van der Waals surface area contributed by atoms with Crippen molar-refractivity contribution >= 4 is 15.9 Å². The van der Waals surface area contributed by atoms with Crippen molar-refractivity contribution in [2.24, 2.45) is 5.92 Å². The van der Waals surface area contributed by atoms with Crippen molar-refractivity contribution in [2.45, 2.75) is 25.3 Å². The van der Waals surface area contributed by atoms with Gasteiger partial charge < -0.3 is 5.32 Å². The third-order valence-corrected chi connectivity index (χ3v) is 4.64. The van der Waals surface area contributed by atoms with E-state index in [1.54, 1.807) is 0 Å². The van der Waals surface area contributed by atoms with Gasteiger partial charge in [0.2, 0.25) is 0 Å². The monoisotopic (exact) mass is 309 g/mol. The Balaban J connectivity index is 1.84. The second-order valence-electron chi connectivity index (χ2n) is 5.36. The standard InChI is InChI=1S/C14H20BrN3/c15-13-8-12(9-17-10-13)14(11-2-1-3-11)18-6-4-16-5-7-18/h8-11,14,16H,1-7H2/t14-/m0/s1. The fraction of sp³-hybridized carbons (Fsp3) is 0.643. The lowest BCUT2D eigenvalue weighted by molar-refractivity contribution is 0.0834. The van der Waals surface area contributed by atoms with Crippen LogP contribution in [0, 0.1) is 5.92 Å². The second-order valence-corrected chi connectivity index (χ2v) is 6.27. The average Bonchev–Trinajstić information content (AvgIpc) is 2.34. The van der Waals surface area contributed by atoms with Gasteiger partial charge in [-0.3, -0.25) is 9.88 Å². The smallest absolute Gasteiger partial charge is 0.0410 e. The maximum atomic E-state index is 4.35. The lowest BCUT2D eigenvalue weighted by Gasteiger charge is -2.43. The number of rotatable bonds is 3. The van der Waals surface area contributed by atoms with Crippen molar-refractivity contribution in [3.63, 3.8) is 0 Å². The number of piperazine rings is 1. The van der Waals surface area contributed by atoms with E-state index in [1.807, 2.05) is 6.20 Å². The largest absolute Gasteiger partial charge is 0.314 e. The third kappa shape index (κ3) is 2.60. The molecular formula is C14H20BrN3. The highest BCUT2D eigenvalue weighted by atomic mass is 79.9. The minimum absolute atomic E-state index is 0.575. The first-order valence-electron chi connectivity index (χ1n) is 6.90. The molecule has 0 bridgehead atoms. The lowest BCUT2D eigenvalue weighted by Crippen LogP contribution is -2.47. The van der Waals surface area contributed by atoms with Crippen LogP contribution in [0.1, 0.15) is 30.9 Å². The van der Waals surface area contributed by atoms with E-state index in [4.69, 9.17) is 0 Å². The quantitative estimate of drug-likeness (QED) is 0.930. The van der Waals surface area contributed by atoms with Crippen LogP contribution in [0.5, 0.6) is 0 Å². The molecule has 1 aromatic rings. The number of hydrogen-bond donors (Lipinski definition) is 1. The fourth-order valence-corrected chi connectivity index (χ4v) is 3.47. The zero-order chi connectivity index (χ0) is 12.4. The molecule has 0 spiro atoms. The van der Waals surface area contributed by atoms with E-state index in [-0.39, 0.29) is 0 Å². The maximum Gasteiger partial charge on any atom is 0.0410 e. The van der Waals surface area contributed by atoms with Crippen molar-refractivity contribution in [1.82, 2.24) is 15.2 Å². The van der Waals surface area contributed by atoms with Crippen LogP contribution in [0.3, 0.4) is 0 Å². The Kier molecular flexibility index (Phi) is 3.97. The van der Waals surface area contributed by atoms with E-state index in [0.29, 0.717) is 6.04 Å². The van der Waals surface area contributed by atoms with Crippen molar-refractivity contribution in [1.29, 1.82) is 0 Å². The summed E-state index contributed by atoms with van der Waals surface area (Å²) in [4.78, 5) is 6.99. The highest BCUT2D eigenvalue weighted by Crippen LogP contribution is 2.41. The molecular weight excluding hydrogens is 290 g/mol. The number of halogens is 1. The van der Waals surface area contributed by atoms with Gasteiger partial charge in [-0.15, -0.1) is 0 Å². The molecule has 1 aliphatic heterocycles. The average molecular weight is 310 g/mol. The van der Waals surface area contributed by atoms with Crippen LogP contribution in [0.25, 0.3) is 0 Å². The number of hydrogen-bond acceptors (Lipinski definition) is 3. The molecule has 3 rings (SSSR count). The summed E-state index contributed by atoms with van der Waals surface area (Å²) in [5.41, 5.74) is 1.39. The predicted octanol–water partition coefficient (Wildman–Crippen LogP) is 2.59. The van der Waals surface area contributed by atoms with E-state index < -0.39 is 0 Å². The van der Waals surface area contributed by atoms with Gasteiger partial charge in [0.15, 0.2) is 0 Å². The lowest BCUT2D eigenvalue weighted by atomic mass is 9.76. The molecule has 0 radical (unpaired) electrons. The SMILES string of the molecule is Brc1cncc([C@H](C2CCC2)N2CCNCC2)c1. The molecule has 98 valence electrons. The summed E-state index contributed by atoms with van der Waals surface area (Å²) in [6, 6.07) is 2.82. The van der Waals surface area contributed by atoms with Gasteiger partial charge in [0.1, 0.15) is 0 Å². The summed E-state index contributed by atoms with van der Waals surface area (Å²) in [6.45, 7) is 4.55. The van der Waals surface area contributed by atoms with Crippen LogP contribution in [0.15, 0.2) is 22.9 Å². The summed E-state index contributed by atoms with van der Waals surface area (Å²) in [5.74, 6) is 0.833. The Morgan fingerprint density at radius 1 is 1.28 bits per heavy atom. The minimum Gasteiger partial charge on any atom is -0.314 e. The zero-order valence-electron chi connectivity index (χ0n) is 10.6. The molecule has 1 saturated heterocycles. The predicted molar refractivity (Wildman–Crippen MR) is 76.5 cm³/mol. The Morgan fingerprint density at radius 3 is 2.67 bits per heavy atom. The molecule has 0 unspecified atom stereocenters. The van der Waals surface area contributed by atoms with Crippen molar-refractivity contribution in [2.75, 3.05) is 26.2 Å². The van der Waals surface area contributed by atoms with Crippen LogP contribution in [0.2, 0.25) is 0 Å². The molecule has 2 fully saturated rings. The van der Waals surface area contributed by atoms with E-state index in [1.165, 1.54) is 24.8 Å². The highest BCUT2D eigenvalue weighted by Gasteiger charge is 2.33. The van der Waals surface area contributed by atoms with Gasteiger partial charge in [-0.1, -0.05) is 6.42 Å². The van der Waals surface area contributed by atoms with Gasteiger partial charge in [0, 0.05) is 49.1 Å². The molecule has 1 saturated carbocycles. The van der Waals surface area contributed by atoms with E-state index in [2.05, 4.69) is 43.4 Å². The summed E-state index contributed by atoms with van der Waals surface area (Å²) in [5, 5.41) is 3.44. The van der Waals surface area contributed by atoms with Crippen molar-refractivity contribution in [3.8, 4) is 0 Å². The Labute approximate surface area is 117 Å². The maximum absolute atomic E-state index is 4.35. The van der Waals surface area contributed by atoms with Crippen LogP contribution in [0.4, 0.5) is 0 Å². The van der Waals surface area contributed by atoms with Gasteiger partial charge >= 0.3 is 0 Å². The molecule has 1 atom stereocenters. The van der Waals surface area contributed by atoms with Crippen molar-refractivity contribution in [3.05, 3.63) is 28.5 Å². The molecule has 1 aliphatic carbocycles. The molecule has 0 aromatic carbocycles. The normalized spacial score (nSPS) is 23.6. The first kappa shape index (κ1) is 12.6. The summed E-state index contributed by atoms with van der Waals surface area (Å²) >= 11 is 3.55. The molecule has 4 heteroatoms. The summed E-state index contributed by atoms with van der Waals surface area (Å²) < 4.78 is 1.10. The number of pyridine rings is 1. The minimum atomic E-state index is 0.575. The van der Waals surface area contributed by atoms with E-state index in [9.17, 15) is 0 Å². The first-order valence-corrected chi connectivity index (χ1v) is 7.69. The third-order valence-electron chi connectivity index (χ3n) is 4.21.